The second-order valence-electron chi connectivity index (χ2n) is 8.45. The lowest BCUT2D eigenvalue weighted by Gasteiger charge is -2.58. The van der Waals surface area contributed by atoms with Gasteiger partial charge in [0.05, 0.1) is 22.8 Å². The van der Waals surface area contributed by atoms with E-state index in [-0.39, 0.29) is 29.0 Å². The van der Waals surface area contributed by atoms with Gasteiger partial charge in [0, 0.05) is 23.7 Å². The van der Waals surface area contributed by atoms with E-state index in [2.05, 4.69) is 12.2 Å². The minimum absolute atomic E-state index is 0.00451. The first kappa shape index (κ1) is 15.4. The molecule has 3 bridgehead atoms. The summed E-state index contributed by atoms with van der Waals surface area (Å²) in [6.07, 6.45) is 9.78. The highest BCUT2D eigenvalue weighted by Crippen LogP contribution is 2.70. The molecule has 0 aromatic carbocycles. The van der Waals surface area contributed by atoms with Gasteiger partial charge in [0.2, 0.25) is 6.29 Å². The highest BCUT2D eigenvalue weighted by Gasteiger charge is 2.74. The van der Waals surface area contributed by atoms with Gasteiger partial charge < -0.3 is 13.9 Å². The molecule has 3 heterocycles. The van der Waals surface area contributed by atoms with Gasteiger partial charge in [-0.1, -0.05) is 18.6 Å². The lowest BCUT2D eigenvalue weighted by atomic mass is 9.46. The van der Waals surface area contributed by atoms with E-state index < -0.39 is 17.3 Å². The number of ether oxygens (including phenoxy) is 2. The van der Waals surface area contributed by atoms with E-state index in [1.54, 1.807) is 6.07 Å². The van der Waals surface area contributed by atoms with Crippen molar-refractivity contribution < 1.29 is 23.5 Å². The number of furan rings is 1. The molecule has 0 amide bonds. The smallest absolute Gasteiger partial charge is 0.314 e. The number of Topliss-reactive ketones (excluding diaryl/α,β-unsaturated/α-hetero) is 1. The zero-order valence-corrected chi connectivity index (χ0v) is 14.5. The normalized spacial score (nSPS) is 46.8. The molecule has 1 aromatic rings. The van der Waals surface area contributed by atoms with Crippen molar-refractivity contribution in [3.63, 3.8) is 0 Å². The molecular formula is C20H22O5. The largest absolute Gasteiger partial charge is 0.472 e. The summed E-state index contributed by atoms with van der Waals surface area (Å²) in [6, 6.07) is 1.70. The Hall–Kier alpha value is -1.88. The molecule has 2 saturated heterocycles. The van der Waals surface area contributed by atoms with Crippen LogP contribution in [-0.4, -0.2) is 23.6 Å². The summed E-state index contributed by atoms with van der Waals surface area (Å²) < 4.78 is 17.1. The molecule has 3 fully saturated rings. The van der Waals surface area contributed by atoms with Crippen LogP contribution in [0, 0.1) is 22.7 Å². The van der Waals surface area contributed by atoms with E-state index in [1.807, 2.05) is 13.8 Å². The average Bonchev–Trinajstić information content (AvgIpc) is 3.14. The second-order valence-corrected chi connectivity index (χ2v) is 8.45. The quantitative estimate of drug-likeness (QED) is 0.478. The van der Waals surface area contributed by atoms with Crippen molar-refractivity contribution in [1.29, 1.82) is 0 Å². The molecule has 5 heteroatoms. The monoisotopic (exact) mass is 342 g/mol. The van der Waals surface area contributed by atoms with Crippen molar-refractivity contribution in [1.82, 2.24) is 0 Å². The number of allylic oxidation sites excluding steroid dienone is 1. The number of carbonyl (C=O) groups excluding carboxylic acids is 2. The van der Waals surface area contributed by atoms with E-state index in [0.717, 1.165) is 19.3 Å². The fourth-order valence-corrected chi connectivity index (χ4v) is 5.99. The summed E-state index contributed by atoms with van der Waals surface area (Å²) in [5.74, 6) is -0.0387. The third-order valence-electron chi connectivity index (χ3n) is 7.24. The molecule has 25 heavy (non-hydrogen) atoms. The van der Waals surface area contributed by atoms with Crippen LogP contribution < -0.4 is 0 Å². The molecule has 5 nitrogen and oxygen atoms in total. The third-order valence-corrected chi connectivity index (χ3v) is 7.24. The van der Waals surface area contributed by atoms with E-state index >= 15 is 0 Å². The van der Waals surface area contributed by atoms with Gasteiger partial charge in [0.25, 0.3) is 0 Å². The minimum Gasteiger partial charge on any atom is -0.472 e. The van der Waals surface area contributed by atoms with Gasteiger partial charge in [-0.3, -0.25) is 9.59 Å². The molecule has 2 aliphatic carbocycles. The lowest BCUT2D eigenvalue weighted by Crippen LogP contribution is -2.62. The molecule has 1 aromatic heterocycles. The van der Waals surface area contributed by atoms with Crippen LogP contribution >= 0.6 is 0 Å². The van der Waals surface area contributed by atoms with Gasteiger partial charge in [-0.05, 0) is 32.8 Å². The second kappa shape index (κ2) is 4.64. The van der Waals surface area contributed by atoms with Gasteiger partial charge in [0.1, 0.15) is 6.26 Å². The molecule has 132 valence electrons. The minimum atomic E-state index is -0.580. The van der Waals surface area contributed by atoms with Crippen LogP contribution in [0.5, 0.6) is 0 Å². The lowest BCUT2D eigenvalue weighted by molar-refractivity contribution is -0.248. The Kier molecular flexibility index (Phi) is 2.85. The number of carbonyl (C=O) groups is 2. The van der Waals surface area contributed by atoms with Gasteiger partial charge in [-0.15, -0.1) is 0 Å². The summed E-state index contributed by atoms with van der Waals surface area (Å²) in [5, 5.41) is 0. The molecule has 0 radical (unpaired) electrons. The topological polar surface area (TPSA) is 65.7 Å². The van der Waals surface area contributed by atoms with E-state index in [4.69, 9.17) is 13.9 Å². The Balaban J connectivity index is 1.60. The van der Waals surface area contributed by atoms with Gasteiger partial charge in [-0.2, -0.15) is 0 Å². The summed E-state index contributed by atoms with van der Waals surface area (Å²) >= 11 is 0. The van der Waals surface area contributed by atoms with Crippen LogP contribution in [0.3, 0.4) is 0 Å². The predicted octanol–water partition coefficient (Wildman–Crippen LogP) is 3.50. The molecule has 4 aliphatic rings. The Labute approximate surface area is 146 Å². The van der Waals surface area contributed by atoms with Crippen molar-refractivity contribution in [2.75, 3.05) is 0 Å². The first-order valence-corrected chi connectivity index (χ1v) is 9.04. The number of hydrogen-bond acceptors (Lipinski definition) is 5. The maximum atomic E-state index is 12.8. The van der Waals surface area contributed by atoms with Crippen LogP contribution in [0.25, 0.3) is 0 Å². The van der Waals surface area contributed by atoms with E-state index in [9.17, 15) is 9.59 Å². The van der Waals surface area contributed by atoms with Gasteiger partial charge >= 0.3 is 5.97 Å². The first-order chi connectivity index (χ1) is 11.9. The Morgan fingerprint density at radius 1 is 1.32 bits per heavy atom. The van der Waals surface area contributed by atoms with Crippen LogP contribution in [0.2, 0.25) is 0 Å². The fraction of sp³-hybridized carbons (Fsp3) is 0.600. The molecule has 5 rings (SSSR count). The highest BCUT2D eigenvalue weighted by molar-refractivity contribution is 5.96. The van der Waals surface area contributed by atoms with Crippen molar-refractivity contribution in [3.05, 3.63) is 36.3 Å². The summed E-state index contributed by atoms with van der Waals surface area (Å²) in [5.41, 5.74) is -0.806. The number of rotatable bonds is 3. The predicted molar refractivity (Wildman–Crippen MR) is 87.5 cm³/mol. The van der Waals surface area contributed by atoms with Gasteiger partial charge in [-0.25, -0.2) is 0 Å². The van der Waals surface area contributed by atoms with Gasteiger partial charge in [0.15, 0.2) is 5.78 Å². The van der Waals surface area contributed by atoms with E-state index in [0.29, 0.717) is 12.0 Å². The van der Waals surface area contributed by atoms with Crippen molar-refractivity contribution in [3.8, 4) is 0 Å². The zero-order chi connectivity index (χ0) is 17.4. The molecule has 6 atom stereocenters. The van der Waals surface area contributed by atoms with Crippen LogP contribution in [-0.2, 0) is 14.3 Å². The fourth-order valence-electron chi connectivity index (χ4n) is 5.99. The summed E-state index contributed by atoms with van der Waals surface area (Å²) in [7, 11) is 0. The number of ketones is 1. The number of hydrogen-bond donors (Lipinski definition) is 0. The molecule has 1 unspecified atom stereocenters. The van der Waals surface area contributed by atoms with Crippen LogP contribution in [0.1, 0.15) is 49.9 Å². The van der Waals surface area contributed by atoms with E-state index in [1.165, 1.54) is 12.5 Å². The number of esters is 1. The molecule has 0 N–H and O–H groups in total. The first-order valence-electron chi connectivity index (χ1n) is 9.04. The highest BCUT2D eigenvalue weighted by atomic mass is 16.7. The average molecular weight is 342 g/mol. The standard InChI is InChI=1S/C20H22O5/c1-18-6-3-7-20-14(18)4-8-19(2,25-17(20)24-16(18)22)15(20)10-13(21)12-5-9-23-11-12/h4-5,8-9,11,14-15,17H,3,6-7,10H2,1-2H3/t14-,15-,17?,18-,19-,20+/m0/s1. The van der Waals surface area contributed by atoms with Crippen LogP contribution in [0.15, 0.2) is 35.2 Å². The van der Waals surface area contributed by atoms with Crippen molar-refractivity contribution in [2.45, 2.75) is 51.4 Å². The number of fused-ring (bicyclic) bond motifs is 1. The molecular weight excluding hydrogens is 320 g/mol. The molecule has 2 aliphatic heterocycles. The Morgan fingerprint density at radius 2 is 2.16 bits per heavy atom. The van der Waals surface area contributed by atoms with Crippen molar-refractivity contribution in [2.24, 2.45) is 22.7 Å². The third kappa shape index (κ3) is 1.72. The zero-order valence-electron chi connectivity index (χ0n) is 14.5. The van der Waals surface area contributed by atoms with Crippen LogP contribution in [0.4, 0.5) is 0 Å². The Bertz CT molecular complexity index is 780. The Morgan fingerprint density at radius 3 is 2.92 bits per heavy atom. The molecule has 1 spiro atoms. The summed E-state index contributed by atoms with van der Waals surface area (Å²) in [4.78, 5) is 25.5. The summed E-state index contributed by atoms with van der Waals surface area (Å²) in [6.45, 7) is 4.03. The molecule has 1 saturated carbocycles. The maximum Gasteiger partial charge on any atom is 0.314 e. The van der Waals surface area contributed by atoms with Crippen molar-refractivity contribution >= 4 is 11.8 Å². The SMILES string of the molecule is C[C@@]12C=C[C@@H]3[C@]4(CCC[C@]3(C)C(=O)OC4O1)[C@H]2CC(=O)c1ccoc1. The maximum absolute atomic E-state index is 12.8.